The number of hydrogen-bond acceptors (Lipinski definition) is 3. The van der Waals surface area contributed by atoms with Gasteiger partial charge >= 0.3 is 0 Å². The van der Waals surface area contributed by atoms with Crippen LogP contribution >= 0.6 is 11.3 Å². The first-order valence-electron chi connectivity index (χ1n) is 5.44. The molecular formula is C12H21NOS. The molecule has 0 fully saturated rings. The second-order valence-corrected chi connectivity index (χ2v) is 5.48. The molecule has 1 aromatic rings. The van der Waals surface area contributed by atoms with Crippen molar-refractivity contribution in [3.05, 3.63) is 21.9 Å². The number of aliphatic hydroxyl groups is 1. The van der Waals surface area contributed by atoms with Crippen LogP contribution in [0, 0.1) is 6.92 Å². The lowest BCUT2D eigenvalue weighted by atomic mass is 9.97. The highest BCUT2D eigenvalue weighted by atomic mass is 32.1. The molecule has 2 nitrogen and oxygen atoms in total. The van der Waals surface area contributed by atoms with E-state index in [-0.39, 0.29) is 0 Å². The molecule has 2 N–H and O–H groups in total. The Morgan fingerprint density at radius 3 is 2.67 bits per heavy atom. The Morgan fingerprint density at radius 1 is 1.53 bits per heavy atom. The van der Waals surface area contributed by atoms with E-state index in [1.807, 2.05) is 12.3 Å². The number of hydrogen-bond donors (Lipinski definition) is 2. The standard InChI is InChI=1S/C12H21NOS/c1-9(2)13-7-6-12(4,14)11-10(3)5-8-15-11/h5,8-9,13-14H,6-7H2,1-4H3. The summed E-state index contributed by atoms with van der Waals surface area (Å²) >= 11 is 1.64. The van der Waals surface area contributed by atoms with Gasteiger partial charge in [-0.25, -0.2) is 0 Å². The normalized spacial score (nSPS) is 15.6. The van der Waals surface area contributed by atoms with E-state index in [9.17, 15) is 5.11 Å². The number of nitrogens with one attached hydrogen (secondary N) is 1. The van der Waals surface area contributed by atoms with Crippen LogP contribution in [0.2, 0.25) is 0 Å². The summed E-state index contributed by atoms with van der Waals surface area (Å²) < 4.78 is 0. The Balaban J connectivity index is 2.56. The van der Waals surface area contributed by atoms with Gasteiger partial charge in [0.25, 0.3) is 0 Å². The average molecular weight is 227 g/mol. The van der Waals surface area contributed by atoms with Gasteiger partial charge in [0.1, 0.15) is 0 Å². The van der Waals surface area contributed by atoms with Crippen LogP contribution in [0.4, 0.5) is 0 Å². The highest BCUT2D eigenvalue weighted by Gasteiger charge is 2.25. The summed E-state index contributed by atoms with van der Waals surface area (Å²) in [5, 5.41) is 15.7. The van der Waals surface area contributed by atoms with Crippen molar-refractivity contribution in [1.29, 1.82) is 0 Å². The summed E-state index contributed by atoms with van der Waals surface area (Å²) in [4.78, 5) is 1.09. The Kier molecular flexibility index (Phi) is 4.32. The van der Waals surface area contributed by atoms with E-state index < -0.39 is 5.60 Å². The first kappa shape index (κ1) is 12.7. The van der Waals surface area contributed by atoms with Gasteiger partial charge in [-0.1, -0.05) is 13.8 Å². The minimum absolute atomic E-state index is 0.477. The quantitative estimate of drug-likeness (QED) is 0.810. The predicted octanol–water partition coefficient (Wildman–Crippen LogP) is 2.65. The van der Waals surface area contributed by atoms with Gasteiger partial charge < -0.3 is 10.4 Å². The molecule has 0 aliphatic heterocycles. The molecule has 0 saturated heterocycles. The highest BCUT2D eigenvalue weighted by molar-refractivity contribution is 7.10. The van der Waals surface area contributed by atoms with Crippen LogP contribution in [0.1, 0.15) is 37.6 Å². The first-order chi connectivity index (χ1) is 6.93. The molecule has 1 atom stereocenters. The molecule has 1 aromatic heterocycles. The van der Waals surface area contributed by atoms with Gasteiger partial charge in [-0.15, -0.1) is 11.3 Å². The molecule has 0 aliphatic carbocycles. The van der Waals surface area contributed by atoms with Crippen molar-refractivity contribution in [3.63, 3.8) is 0 Å². The van der Waals surface area contributed by atoms with Gasteiger partial charge in [-0.3, -0.25) is 0 Å². The maximum Gasteiger partial charge on any atom is 0.0974 e. The van der Waals surface area contributed by atoms with E-state index in [2.05, 4.69) is 32.2 Å². The molecule has 0 radical (unpaired) electrons. The van der Waals surface area contributed by atoms with Gasteiger partial charge in [0.2, 0.25) is 0 Å². The van der Waals surface area contributed by atoms with E-state index in [0.717, 1.165) is 17.8 Å². The third-order valence-corrected chi connectivity index (χ3v) is 3.79. The number of rotatable bonds is 5. The molecule has 1 unspecified atom stereocenters. The van der Waals surface area contributed by atoms with Crippen LogP contribution in [0.5, 0.6) is 0 Å². The van der Waals surface area contributed by atoms with Crippen molar-refractivity contribution in [2.75, 3.05) is 6.54 Å². The summed E-state index contributed by atoms with van der Waals surface area (Å²) in [6, 6.07) is 2.54. The maximum absolute atomic E-state index is 10.3. The number of thiophene rings is 1. The summed E-state index contributed by atoms with van der Waals surface area (Å²) in [6.45, 7) is 9.03. The molecule has 0 bridgehead atoms. The molecule has 1 heterocycles. The third kappa shape index (κ3) is 3.59. The molecular weight excluding hydrogens is 206 g/mol. The second kappa shape index (κ2) is 5.10. The minimum Gasteiger partial charge on any atom is -0.385 e. The molecule has 0 aromatic carbocycles. The first-order valence-corrected chi connectivity index (χ1v) is 6.32. The van der Waals surface area contributed by atoms with Gasteiger partial charge in [-0.05, 0) is 43.8 Å². The monoisotopic (exact) mass is 227 g/mol. The van der Waals surface area contributed by atoms with Gasteiger partial charge in [-0.2, -0.15) is 0 Å². The number of aryl methyl sites for hydroxylation is 1. The van der Waals surface area contributed by atoms with E-state index in [4.69, 9.17) is 0 Å². The molecule has 3 heteroatoms. The van der Waals surface area contributed by atoms with Crippen molar-refractivity contribution in [1.82, 2.24) is 5.32 Å². The molecule has 0 saturated carbocycles. The lowest BCUT2D eigenvalue weighted by Gasteiger charge is -2.23. The molecule has 15 heavy (non-hydrogen) atoms. The van der Waals surface area contributed by atoms with Crippen LogP contribution in [0.3, 0.4) is 0 Å². The topological polar surface area (TPSA) is 32.3 Å². The van der Waals surface area contributed by atoms with Crippen LogP contribution in [-0.4, -0.2) is 17.7 Å². The Bertz CT molecular complexity index is 304. The lowest BCUT2D eigenvalue weighted by molar-refractivity contribution is 0.0507. The molecule has 0 amide bonds. The minimum atomic E-state index is -0.694. The SMILES string of the molecule is Cc1ccsc1C(C)(O)CCNC(C)C. The fourth-order valence-electron chi connectivity index (χ4n) is 1.64. The van der Waals surface area contributed by atoms with Gasteiger partial charge in [0.15, 0.2) is 0 Å². The van der Waals surface area contributed by atoms with Gasteiger partial charge in [0, 0.05) is 10.9 Å². The van der Waals surface area contributed by atoms with Crippen molar-refractivity contribution in [2.45, 2.75) is 45.8 Å². The van der Waals surface area contributed by atoms with Crippen LogP contribution in [-0.2, 0) is 5.60 Å². The predicted molar refractivity (Wildman–Crippen MR) is 66.4 cm³/mol. The third-order valence-electron chi connectivity index (χ3n) is 2.52. The van der Waals surface area contributed by atoms with Crippen molar-refractivity contribution in [3.8, 4) is 0 Å². The van der Waals surface area contributed by atoms with Crippen LogP contribution < -0.4 is 5.32 Å². The molecule has 1 rings (SSSR count). The Labute approximate surface area is 96.3 Å². The smallest absolute Gasteiger partial charge is 0.0974 e. The van der Waals surface area contributed by atoms with Crippen LogP contribution in [0.15, 0.2) is 11.4 Å². The zero-order valence-electron chi connectivity index (χ0n) is 10.0. The Hall–Kier alpha value is -0.380. The molecule has 0 aliphatic rings. The van der Waals surface area contributed by atoms with Crippen LogP contribution in [0.25, 0.3) is 0 Å². The molecule has 86 valence electrons. The summed E-state index contributed by atoms with van der Waals surface area (Å²) in [7, 11) is 0. The Morgan fingerprint density at radius 2 is 2.20 bits per heavy atom. The van der Waals surface area contributed by atoms with Gasteiger partial charge in [0.05, 0.1) is 5.60 Å². The summed E-state index contributed by atoms with van der Waals surface area (Å²) in [6.07, 6.45) is 0.756. The largest absolute Gasteiger partial charge is 0.385 e. The zero-order valence-corrected chi connectivity index (χ0v) is 10.8. The van der Waals surface area contributed by atoms with E-state index in [1.165, 1.54) is 5.56 Å². The van der Waals surface area contributed by atoms with E-state index >= 15 is 0 Å². The summed E-state index contributed by atoms with van der Waals surface area (Å²) in [5.74, 6) is 0. The fraction of sp³-hybridized carbons (Fsp3) is 0.667. The summed E-state index contributed by atoms with van der Waals surface area (Å²) in [5.41, 5.74) is 0.495. The van der Waals surface area contributed by atoms with Crippen molar-refractivity contribution < 1.29 is 5.11 Å². The van der Waals surface area contributed by atoms with Crippen molar-refractivity contribution in [2.24, 2.45) is 0 Å². The average Bonchev–Trinajstić information content (AvgIpc) is 2.50. The maximum atomic E-state index is 10.3. The van der Waals surface area contributed by atoms with E-state index in [0.29, 0.717) is 6.04 Å². The van der Waals surface area contributed by atoms with Crippen molar-refractivity contribution >= 4 is 11.3 Å². The second-order valence-electron chi connectivity index (χ2n) is 4.57. The van der Waals surface area contributed by atoms with E-state index in [1.54, 1.807) is 11.3 Å². The fourth-order valence-corrected chi connectivity index (χ4v) is 2.66. The highest BCUT2D eigenvalue weighted by Crippen LogP contribution is 2.31. The lowest BCUT2D eigenvalue weighted by Crippen LogP contribution is -2.31. The zero-order chi connectivity index (χ0) is 11.5. The molecule has 0 spiro atoms.